The topological polar surface area (TPSA) is 74.6 Å². The van der Waals surface area contributed by atoms with Crippen molar-refractivity contribution in [3.8, 4) is 0 Å². The van der Waals surface area contributed by atoms with Crippen molar-refractivity contribution in [2.75, 3.05) is 5.75 Å². The van der Waals surface area contributed by atoms with Crippen LogP contribution >= 0.6 is 11.8 Å². The molecule has 0 aliphatic carbocycles. The zero-order valence-corrected chi connectivity index (χ0v) is 12.1. The zero-order chi connectivity index (χ0) is 15.3. The highest BCUT2D eigenvalue weighted by molar-refractivity contribution is 8.13. The lowest BCUT2D eigenvalue weighted by atomic mass is 9.99. The predicted molar refractivity (Wildman–Crippen MR) is 75.1 cm³/mol. The summed E-state index contributed by atoms with van der Waals surface area (Å²) in [6, 6.07) is 3.66. The summed E-state index contributed by atoms with van der Waals surface area (Å²) in [5.41, 5.74) is 0.156. The molecule has 4 nitrogen and oxygen atoms in total. The first-order valence-electron chi connectivity index (χ1n) is 6.12. The lowest BCUT2D eigenvalue weighted by molar-refractivity contribution is -0.109. The van der Waals surface area contributed by atoms with Gasteiger partial charge in [-0.05, 0) is 31.0 Å². The summed E-state index contributed by atoms with van der Waals surface area (Å²) < 4.78 is 13.4. The number of thioether (sulfide) groups is 1. The van der Waals surface area contributed by atoms with E-state index in [2.05, 4.69) is 0 Å². The Hall–Kier alpha value is -1.24. The second-order valence-electron chi connectivity index (χ2n) is 4.44. The quantitative estimate of drug-likeness (QED) is 0.787. The molecule has 0 aromatic heterocycles. The number of hydrogen-bond donors (Lipinski definition) is 2. The van der Waals surface area contributed by atoms with E-state index in [1.807, 2.05) is 0 Å². The highest BCUT2D eigenvalue weighted by Gasteiger charge is 2.20. The number of ketones is 1. The Morgan fingerprint density at radius 1 is 1.30 bits per heavy atom. The maximum atomic E-state index is 13.4. The van der Waals surface area contributed by atoms with Crippen LogP contribution in [0.25, 0.3) is 0 Å². The van der Waals surface area contributed by atoms with Crippen LogP contribution in [0, 0.1) is 5.82 Å². The second kappa shape index (κ2) is 7.52. The van der Waals surface area contributed by atoms with E-state index in [1.165, 1.54) is 26.0 Å². The molecule has 0 radical (unpaired) electrons. The van der Waals surface area contributed by atoms with Gasteiger partial charge in [-0.25, -0.2) is 4.39 Å². The molecule has 0 heterocycles. The summed E-state index contributed by atoms with van der Waals surface area (Å²) in [5, 5.41) is 19.7. The van der Waals surface area contributed by atoms with Crippen molar-refractivity contribution in [3.63, 3.8) is 0 Å². The molecule has 1 aromatic rings. The van der Waals surface area contributed by atoms with E-state index in [-0.39, 0.29) is 22.7 Å². The van der Waals surface area contributed by atoms with Gasteiger partial charge in [-0.2, -0.15) is 0 Å². The van der Waals surface area contributed by atoms with Crippen molar-refractivity contribution in [3.05, 3.63) is 35.1 Å². The number of aliphatic hydroxyl groups is 2. The van der Waals surface area contributed by atoms with Gasteiger partial charge in [0.2, 0.25) is 0 Å². The number of halogens is 1. The van der Waals surface area contributed by atoms with Gasteiger partial charge in [0.15, 0.2) is 10.9 Å². The molecule has 20 heavy (non-hydrogen) atoms. The Balaban J connectivity index is 2.76. The highest BCUT2D eigenvalue weighted by Crippen LogP contribution is 2.23. The van der Waals surface area contributed by atoms with Gasteiger partial charge in [0.1, 0.15) is 11.9 Å². The van der Waals surface area contributed by atoms with E-state index in [1.54, 1.807) is 0 Å². The Bertz CT molecular complexity index is 504. The van der Waals surface area contributed by atoms with Gasteiger partial charge >= 0.3 is 0 Å². The van der Waals surface area contributed by atoms with Gasteiger partial charge in [0, 0.05) is 12.7 Å². The molecular formula is C14H17FO4S. The molecule has 2 unspecified atom stereocenters. The minimum Gasteiger partial charge on any atom is -0.390 e. The van der Waals surface area contributed by atoms with Gasteiger partial charge in [-0.3, -0.25) is 9.59 Å². The molecule has 0 amide bonds. The first-order chi connectivity index (χ1) is 9.32. The lowest BCUT2D eigenvalue weighted by Gasteiger charge is -2.18. The fourth-order valence-electron chi connectivity index (χ4n) is 1.70. The first-order valence-corrected chi connectivity index (χ1v) is 7.11. The zero-order valence-electron chi connectivity index (χ0n) is 11.3. The van der Waals surface area contributed by atoms with Gasteiger partial charge < -0.3 is 10.2 Å². The molecular weight excluding hydrogens is 283 g/mol. The van der Waals surface area contributed by atoms with Gasteiger partial charge in [0.25, 0.3) is 0 Å². The summed E-state index contributed by atoms with van der Waals surface area (Å²) in [5.74, 6) is -0.720. The molecule has 0 saturated heterocycles. The van der Waals surface area contributed by atoms with Crippen LogP contribution in [0.2, 0.25) is 0 Å². The van der Waals surface area contributed by atoms with E-state index in [0.29, 0.717) is 5.75 Å². The molecule has 0 spiro atoms. The molecule has 0 aliphatic rings. The molecule has 6 heteroatoms. The molecule has 0 bridgehead atoms. The van der Waals surface area contributed by atoms with Crippen LogP contribution in [0.15, 0.2) is 18.2 Å². The highest BCUT2D eigenvalue weighted by atomic mass is 32.2. The number of carbonyl (C=O) groups is 2. The summed E-state index contributed by atoms with van der Waals surface area (Å²) in [7, 11) is 0. The van der Waals surface area contributed by atoms with Crippen molar-refractivity contribution in [1.29, 1.82) is 0 Å². The van der Waals surface area contributed by atoms with Crippen LogP contribution in [0.4, 0.5) is 4.39 Å². The predicted octanol–water partition coefficient (Wildman–Crippen LogP) is 2.09. The Morgan fingerprint density at radius 2 is 1.95 bits per heavy atom. The maximum absolute atomic E-state index is 13.4. The number of rotatable bonds is 6. The van der Waals surface area contributed by atoms with Crippen LogP contribution < -0.4 is 0 Å². The molecule has 0 fully saturated rings. The van der Waals surface area contributed by atoms with Crippen molar-refractivity contribution >= 4 is 22.7 Å². The molecule has 1 aromatic carbocycles. The van der Waals surface area contributed by atoms with E-state index < -0.39 is 23.8 Å². The summed E-state index contributed by atoms with van der Waals surface area (Å²) in [4.78, 5) is 22.0. The molecule has 2 atom stereocenters. The normalized spacial score (nSPS) is 13.8. The van der Waals surface area contributed by atoms with Crippen LogP contribution in [0.1, 0.15) is 42.3 Å². The Labute approximate surface area is 121 Å². The summed E-state index contributed by atoms with van der Waals surface area (Å²) in [6.07, 6.45) is -2.08. The van der Waals surface area contributed by atoms with Crippen LogP contribution in [0.5, 0.6) is 0 Å². The third-order valence-corrected chi connectivity index (χ3v) is 3.64. The minimum atomic E-state index is -1.22. The Kier molecular flexibility index (Phi) is 6.32. The lowest BCUT2D eigenvalue weighted by Crippen LogP contribution is -2.19. The molecule has 1 rings (SSSR count). The average molecular weight is 300 g/mol. The van der Waals surface area contributed by atoms with Crippen LogP contribution in [0.3, 0.4) is 0 Å². The number of Topliss-reactive ketones (excluding diaryl/α,β-unsaturated/α-hetero) is 1. The number of aliphatic hydroxyl groups excluding tert-OH is 2. The fraction of sp³-hybridized carbons (Fsp3) is 0.429. The SMILES string of the molecule is CC(=O)SCCC(O)C(O)c1ccc(F)c(C(C)=O)c1. The molecule has 0 saturated carbocycles. The maximum Gasteiger partial charge on any atom is 0.185 e. The first kappa shape index (κ1) is 16.8. The Morgan fingerprint density at radius 3 is 2.50 bits per heavy atom. The van der Waals surface area contributed by atoms with Crippen molar-refractivity contribution in [2.24, 2.45) is 0 Å². The third kappa shape index (κ3) is 4.70. The van der Waals surface area contributed by atoms with Gasteiger partial charge in [-0.15, -0.1) is 0 Å². The monoisotopic (exact) mass is 300 g/mol. The van der Waals surface area contributed by atoms with E-state index >= 15 is 0 Å². The number of carbonyl (C=O) groups excluding carboxylic acids is 2. The number of hydrogen-bond acceptors (Lipinski definition) is 5. The van der Waals surface area contributed by atoms with Crippen molar-refractivity contribution < 1.29 is 24.2 Å². The van der Waals surface area contributed by atoms with Gasteiger partial charge in [0.05, 0.1) is 11.7 Å². The third-order valence-electron chi connectivity index (χ3n) is 2.79. The van der Waals surface area contributed by atoms with Crippen LogP contribution in [-0.4, -0.2) is 33.0 Å². The summed E-state index contributed by atoms with van der Waals surface area (Å²) >= 11 is 1.06. The number of benzene rings is 1. The van der Waals surface area contributed by atoms with Crippen LogP contribution in [-0.2, 0) is 4.79 Å². The minimum absolute atomic E-state index is 0.0627. The van der Waals surface area contributed by atoms with E-state index in [9.17, 15) is 24.2 Å². The fourth-order valence-corrected chi connectivity index (χ4v) is 2.35. The molecule has 2 N–H and O–H groups in total. The van der Waals surface area contributed by atoms with Crippen molar-refractivity contribution in [2.45, 2.75) is 32.5 Å². The second-order valence-corrected chi connectivity index (χ2v) is 5.71. The van der Waals surface area contributed by atoms with Gasteiger partial charge in [-0.1, -0.05) is 17.8 Å². The molecule has 110 valence electrons. The average Bonchev–Trinajstić information content (AvgIpc) is 2.37. The standard InChI is InChI=1S/C14H17FO4S/c1-8(16)11-7-10(3-4-12(11)15)14(19)13(18)5-6-20-9(2)17/h3-4,7,13-14,18-19H,5-6H2,1-2H3. The summed E-state index contributed by atoms with van der Waals surface area (Å²) in [6.45, 7) is 2.65. The smallest absolute Gasteiger partial charge is 0.185 e. The van der Waals surface area contributed by atoms with E-state index in [0.717, 1.165) is 17.8 Å². The molecule has 0 aliphatic heterocycles. The largest absolute Gasteiger partial charge is 0.390 e. The van der Waals surface area contributed by atoms with E-state index in [4.69, 9.17) is 0 Å². The van der Waals surface area contributed by atoms with Crippen molar-refractivity contribution in [1.82, 2.24) is 0 Å².